The van der Waals surface area contributed by atoms with Gasteiger partial charge in [0.05, 0.1) is 5.69 Å². The fraction of sp³-hybridized carbons (Fsp3) is 0.375. The van der Waals surface area contributed by atoms with Crippen LogP contribution >= 0.6 is 15.9 Å². The molecular weight excluding hydrogens is 394 g/mol. The lowest BCUT2D eigenvalue weighted by Gasteiger charge is -2.14. The van der Waals surface area contributed by atoms with Crippen LogP contribution in [0.3, 0.4) is 0 Å². The molecule has 0 saturated carbocycles. The van der Waals surface area contributed by atoms with Crippen molar-refractivity contribution in [3.63, 3.8) is 0 Å². The number of amides is 1. The largest absolute Gasteiger partial charge is 0.481 e. The Morgan fingerprint density at radius 3 is 2.60 bits per heavy atom. The van der Waals surface area contributed by atoms with Gasteiger partial charge in [0.25, 0.3) is 5.91 Å². The number of carboxylic acid groups (broad SMARTS) is 2. The molecule has 2 aromatic rings. The first-order chi connectivity index (χ1) is 11.7. The molecule has 25 heavy (non-hydrogen) atoms. The predicted octanol–water partition coefficient (Wildman–Crippen LogP) is 2.02. The van der Waals surface area contributed by atoms with Crippen LogP contribution in [0.25, 0.3) is 5.65 Å². The lowest BCUT2D eigenvalue weighted by atomic mass is 10.1. The van der Waals surface area contributed by atoms with E-state index in [1.54, 1.807) is 10.6 Å². The highest BCUT2D eigenvalue weighted by Gasteiger charge is 2.25. The maximum atomic E-state index is 12.7. The van der Waals surface area contributed by atoms with Gasteiger partial charge in [-0.2, -0.15) is 0 Å². The maximum absolute atomic E-state index is 12.7. The summed E-state index contributed by atoms with van der Waals surface area (Å²) in [6.07, 6.45) is 1.64. The van der Waals surface area contributed by atoms with Crippen molar-refractivity contribution in [3.05, 3.63) is 33.7 Å². The molecule has 0 aliphatic rings. The first kappa shape index (κ1) is 18.9. The molecule has 0 radical (unpaired) electrons. The van der Waals surface area contributed by atoms with Crippen molar-refractivity contribution in [2.75, 3.05) is 0 Å². The lowest BCUT2D eigenvalue weighted by Crippen LogP contribution is -2.41. The number of imidazole rings is 1. The average Bonchev–Trinajstić information content (AvgIpc) is 2.89. The monoisotopic (exact) mass is 411 g/mol. The van der Waals surface area contributed by atoms with Gasteiger partial charge in [0.1, 0.15) is 17.4 Å². The number of fused-ring (bicyclic) bond motifs is 1. The Balaban J connectivity index is 2.40. The fourth-order valence-corrected chi connectivity index (χ4v) is 3.10. The van der Waals surface area contributed by atoms with Crippen molar-refractivity contribution in [3.8, 4) is 0 Å². The van der Waals surface area contributed by atoms with Crippen molar-refractivity contribution in [1.82, 2.24) is 14.7 Å². The third kappa shape index (κ3) is 4.16. The number of carbonyl (C=O) groups is 3. The Kier molecular flexibility index (Phi) is 5.78. The van der Waals surface area contributed by atoms with Crippen LogP contribution in [0, 0.1) is 6.92 Å². The molecule has 0 aliphatic carbocycles. The number of carboxylic acids is 2. The number of hydrogen-bond donors (Lipinski definition) is 3. The van der Waals surface area contributed by atoms with E-state index in [1.165, 1.54) is 0 Å². The molecule has 1 amide bonds. The average molecular weight is 412 g/mol. The molecular formula is C16H18BrN3O5. The summed E-state index contributed by atoms with van der Waals surface area (Å²) in [5.41, 5.74) is 2.27. The molecule has 8 nitrogen and oxygen atoms in total. The number of nitrogens with zero attached hydrogens (tertiary/aromatic N) is 2. The van der Waals surface area contributed by atoms with Gasteiger partial charge in [0.15, 0.2) is 0 Å². The quantitative estimate of drug-likeness (QED) is 0.640. The van der Waals surface area contributed by atoms with E-state index < -0.39 is 23.9 Å². The summed E-state index contributed by atoms with van der Waals surface area (Å²) in [5.74, 6) is -3.00. The molecule has 0 aliphatic heterocycles. The second kappa shape index (κ2) is 7.64. The summed E-state index contributed by atoms with van der Waals surface area (Å²) < 4.78 is 2.37. The lowest BCUT2D eigenvalue weighted by molar-refractivity contribution is -0.140. The fourth-order valence-electron chi connectivity index (χ4n) is 2.55. The highest BCUT2D eigenvalue weighted by molar-refractivity contribution is 9.10. The van der Waals surface area contributed by atoms with Crippen molar-refractivity contribution in [2.24, 2.45) is 0 Å². The Morgan fingerprint density at radius 1 is 1.36 bits per heavy atom. The molecule has 2 rings (SSSR count). The van der Waals surface area contributed by atoms with E-state index in [9.17, 15) is 19.5 Å². The van der Waals surface area contributed by atoms with Crippen LogP contribution in [0.5, 0.6) is 0 Å². The van der Waals surface area contributed by atoms with Crippen molar-refractivity contribution >= 4 is 39.4 Å². The zero-order valence-corrected chi connectivity index (χ0v) is 15.3. The number of pyridine rings is 1. The van der Waals surface area contributed by atoms with Gasteiger partial charge in [-0.3, -0.25) is 14.0 Å². The van der Waals surface area contributed by atoms with Crippen LogP contribution in [0.4, 0.5) is 0 Å². The highest BCUT2D eigenvalue weighted by atomic mass is 79.9. The third-order valence-electron chi connectivity index (χ3n) is 3.74. The Hall–Kier alpha value is -2.42. The second-order valence-electron chi connectivity index (χ2n) is 5.59. The molecule has 1 unspecified atom stereocenters. The molecule has 9 heteroatoms. The van der Waals surface area contributed by atoms with E-state index >= 15 is 0 Å². The van der Waals surface area contributed by atoms with Crippen molar-refractivity contribution in [1.29, 1.82) is 0 Å². The number of hydrogen-bond acceptors (Lipinski definition) is 4. The maximum Gasteiger partial charge on any atom is 0.326 e. The number of nitrogens with one attached hydrogen (secondary N) is 1. The first-order valence-electron chi connectivity index (χ1n) is 7.67. The number of rotatable bonds is 7. The molecule has 0 fully saturated rings. The molecule has 0 saturated heterocycles. The molecule has 2 heterocycles. The first-order valence-corrected chi connectivity index (χ1v) is 8.46. The van der Waals surface area contributed by atoms with Gasteiger partial charge < -0.3 is 15.5 Å². The minimum absolute atomic E-state index is 0.197. The van der Waals surface area contributed by atoms with E-state index in [0.717, 1.165) is 10.0 Å². The van der Waals surface area contributed by atoms with E-state index in [1.807, 2.05) is 19.9 Å². The number of halogens is 1. The van der Waals surface area contributed by atoms with E-state index in [0.29, 0.717) is 17.8 Å². The molecule has 1 atom stereocenters. The van der Waals surface area contributed by atoms with Crippen LogP contribution in [-0.4, -0.2) is 43.5 Å². The van der Waals surface area contributed by atoms with Gasteiger partial charge in [-0.05, 0) is 47.3 Å². The zero-order chi connectivity index (χ0) is 18.7. The van der Waals surface area contributed by atoms with Crippen LogP contribution in [0.2, 0.25) is 0 Å². The Labute approximate surface area is 152 Å². The number of carbonyl (C=O) groups excluding carboxylic acids is 1. The number of aromatic nitrogens is 2. The second-order valence-corrected chi connectivity index (χ2v) is 6.51. The summed E-state index contributed by atoms with van der Waals surface area (Å²) >= 11 is 3.37. The standard InChI is InChI=1S/C16H18BrN3O5/c1-3-10-13(20-7-9(17)6-8(2)14(20)18-10)15(23)19-11(16(24)25)4-5-12(21)22/h6-7,11H,3-5H2,1-2H3,(H,19,23)(H,21,22)(H,24,25). The molecule has 2 aromatic heterocycles. The van der Waals surface area contributed by atoms with Crippen LogP contribution in [-0.2, 0) is 16.0 Å². The van der Waals surface area contributed by atoms with E-state index in [2.05, 4.69) is 26.2 Å². The summed E-state index contributed by atoms with van der Waals surface area (Å²) in [6.45, 7) is 3.71. The molecule has 134 valence electrons. The van der Waals surface area contributed by atoms with E-state index in [4.69, 9.17) is 5.11 Å². The van der Waals surface area contributed by atoms with Crippen molar-refractivity contribution in [2.45, 2.75) is 39.2 Å². The van der Waals surface area contributed by atoms with Crippen LogP contribution in [0.15, 0.2) is 16.7 Å². The van der Waals surface area contributed by atoms with Gasteiger partial charge in [-0.15, -0.1) is 0 Å². The smallest absolute Gasteiger partial charge is 0.326 e. The molecule has 0 spiro atoms. The molecule has 0 bridgehead atoms. The van der Waals surface area contributed by atoms with Crippen LogP contribution in [0.1, 0.15) is 41.5 Å². The molecule has 0 aromatic carbocycles. The van der Waals surface area contributed by atoms with Gasteiger partial charge in [0, 0.05) is 17.1 Å². The van der Waals surface area contributed by atoms with E-state index in [-0.39, 0.29) is 18.5 Å². The number of aryl methyl sites for hydroxylation is 2. The third-order valence-corrected chi connectivity index (χ3v) is 4.18. The Morgan fingerprint density at radius 2 is 2.04 bits per heavy atom. The SMILES string of the molecule is CCc1nc2c(C)cc(Br)cn2c1C(=O)NC(CCC(=O)O)C(=O)O. The van der Waals surface area contributed by atoms with Crippen molar-refractivity contribution < 1.29 is 24.6 Å². The van der Waals surface area contributed by atoms with Crippen LogP contribution < -0.4 is 5.32 Å². The summed E-state index contributed by atoms with van der Waals surface area (Å²) in [6, 6.07) is 0.586. The van der Waals surface area contributed by atoms with Gasteiger partial charge >= 0.3 is 11.9 Å². The topological polar surface area (TPSA) is 121 Å². The summed E-state index contributed by atoms with van der Waals surface area (Å²) in [5, 5.41) is 20.3. The minimum atomic E-state index is -1.29. The number of aliphatic carboxylic acids is 2. The summed E-state index contributed by atoms with van der Waals surface area (Å²) in [4.78, 5) is 39.1. The highest BCUT2D eigenvalue weighted by Crippen LogP contribution is 2.21. The predicted molar refractivity (Wildman–Crippen MR) is 92.8 cm³/mol. The van der Waals surface area contributed by atoms with Gasteiger partial charge in [-0.25, -0.2) is 9.78 Å². The Bertz CT molecular complexity index is 846. The summed E-state index contributed by atoms with van der Waals surface area (Å²) in [7, 11) is 0. The zero-order valence-electron chi connectivity index (χ0n) is 13.7. The van der Waals surface area contributed by atoms with Gasteiger partial charge in [0.2, 0.25) is 0 Å². The minimum Gasteiger partial charge on any atom is -0.481 e. The van der Waals surface area contributed by atoms with Gasteiger partial charge in [-0.1, -0.05) is 6.92 Å². The molecule has 3 N–H and O–H groups in total. The normalized spacial score (nSPS) is 12.1.